The lowest BCUT2D eigenvalue weighted by atomic mass is 10.3. The van der Waals surface area contributed by atoms with Gasteiger partial charge in [-0.2, -0.15) is 0 Å². The summed E-state index contributed by atoms with van der Waals surface area (Å²) in [7, 11) is -3.35. The number of nitrogens with zero attached hydrogens (tertiary/aromatic N) is 2. The van der Waals surface area contributed by atoms with Gasteiger partial charge >= 0.3 is 0 Å². The average Bonchev–Trinajstić information content (AvgIpc) is 2.77. The van der Waals surface area contributed by atoms with Crippen LogP contribution in [0.1, 0.15) is 19.2 Å². The van der Waals surface area contributed by atoms with Crippen molar-refractivity contribution in [1.29, 1.82) is 0 Å². The third kappa shape index (κ3) is 3.65. The van der Waals surface area contributed by atoms with Crippen LogP contribution in [0.3, 0.4) is 0 Å². The number of sulfone groups is 1. The van der Waals surface area contributed by atoms with Crippen molar-refractivity contribution in [3.8, 4) is 0 Å². The lowest BCUT2D eigenvalue weighted by Crippen LogP contribution is -2.38. The van der Waals surface area contributed by atoms with E-state index in [1.165, 1.54) is 6.92 Å². The van der Waals surface area contributed by atoms with E-state index >= 15 is 0 Å². The number of amides is 1. The van der Waals surface area contributed by atoms with E-state index < -0.39 is 21.0 Å². The number of benzene rings is 1. The molecule has 6 nitrogen and oxygen atoms in total. The van der Waals surface area contributed by atoms with Crippen molar-refractivity contribution in [3.63, 3.8) is 0 Å². The monoisotopic (exact) mass is 323 g/mol. The van der Waals surface area contributed by atoms with Gasteiger partial charge in [-0.05, 0) is 32.4 Å². The molecule has 0 aliphatic rings. The first-order valence-electron chi connectivity index (χ1n) is 7.19. The van der Waals surface area contributed by atoms with Crippen LogP contribution in [0.25, 0.3) is 11.0 Å². The van der Waals surface area contributed by atoms with Gasteiger partial charge in [-0.25, -0.2) is 13.4 Å². The molecule has 1 atom stereocenters. The molecule has 1 aromatic heterocycles. The second-order valence-electron chi connectivity index (χ2n) is 5.42. The fourth-order valence-electron chi connectivity index (χ4n) is 2.27. The lowest BCUT2D eigenvalue weighted by molar-refractivity contribution is -0.120. The fraction of sp³-hybridized carbons (Fsp3) is 0.467. The van der Waals surface area contributed by atoms with E-state index in [9.17, 15) is 13.2 Å². The third-order valence-electron chi connectivity index (χ3n) is 3.71. The zero-order chi connectivity index (χ0) is 16.3. The minimum Gasteiger partial charge on any atom is -0.355 e. The number of carbonyl (C=O) groups excluding carboxylic acids is 1. The van der Waals surface area contributed by atoms with E-state index in [1.807, 2.05) is 31.2 Å². The SMILES string of the molecule is Cc1nc2ccccc2n1CCCNC(=O)C(C)S(C)(=O)=O. The van der Waals surface area contributed by atoms with Crippen molar-refractivity contribution in [2.75, 3.05) is 12.8 Å². The molecule has 0 saturated carbocycles. The third-order valence-corrected chi connectivity index (χ3v) is 5.21. The molecule has 0 aliphatic carbocycles. The van der Waals surface area contributed by atoms with Crippen molar-refractivity contribution < 1.29 is 13.2 Å². The van der Waals surface area contributed by atoms with Crippen LogP contribution in [0.4, 0.5) is 0 Å². The van der Waals surface area contributed by atoms with Crippen molar-refractivity contribution in [1.82, 2.24) is 14.9 Å². The zero-order valence-corrected chi connectivity index (χ0v) is 13.9. The van der Waals surface area contributed by atoms with E-state index in [0.717, 1.165) is 29.7 Å². The first-order chi connectivity index (χ1) is 10.3. The molecule has 120 valence electrons. The van der Waals surface area contributed by atoms with Crippen LogP contribution in [0.15, 0.2) is 24.3 Å². The number of hydrogen-bond donors (Lipinski definition) is 1. The van der Waals surface area contributed by atoms with E-state index in [-0.39, 0.29) is 0 Å². The summed E-state index contributed by atoms with van der Waals surface area (Å²) in [4.78, 5) is 16.2. The van der Waals surface area contributed by atoms with Gasteiger partial charge in [-0.3, -0.25) is 4.79 Å². The Hall–Kier alpha value is -1.89. The maximum atomic E-state index is 11.7. The highest BCUT2D eigenvalue weighted by Gasteiger charge is 2.22. The Bertz CT molecular complexity index is 780. The van der Waals surface area contributed by atoms with Crippen molar-refractivity contribution in [2.24, 2.45) is 0 Å². The number of aromatic nitrogens is 2. The Morgan fingerprint density at radius 2 is 2.05 bits per heavy atom. The Morgan fingerprint density at radius 3 is 2.73 bits per heavy atom. The number of rotatable bonds is 6. The number of aryl methyl sites for hydroxylation is 2. The number of imidazole rings is 1. The Labute approximate surface area is 130 Å². The van der Waals surface area contributed by atoms with Crippen LogP contribution in [0.5, 0.6) is 0 Å². The second-order valence-corrected chi connectivity index (χ2v) is 7.78. The van der Waals surface area contributed by atoms with Gasteiger partial charge in [-0.1, -0.05) is 12.1 Å². The Balaban J connectivity index is 1.91. The molecule has 2 aromatic rings. The molecule has 1 aromatic carbocycles. The van der Waals surface area contributed by atoms with Gasteiger partial charge in [0.1, 0.15) is 11.1 Å². The van der Waals surface area contributed by atoms with Crippen LogP contribution in [-0.4, -0.2) is 41.9 Å². The summed E-state index contributed by atoms with van der Waals surface area (Å²) >= 11 is 0. The minimum atomic E-state index is -3.35. The molecule has 0 aliphatic heterocycles. The molecular formula is C15H21N3O3S. The molecule has 1 amide bonds. The molecule has 0 saturated heterocycles. The number of hydrogen-bond acceptors (Lipinski definition) is 4. The molecular weight excluding hydrogens is 302 g/mol. The number of fused-ring (bicyclic) bond motifs is 1. The first kappa shape index (κ1) is 16.5. The van der Waals surface area contributed by atoms with Crippen LogP contribution >= 0.6 is 0 Å². The predicted molar refractivity (Wildman–Crippen MR) is 86.4 cm³/mol. The molecule has 2 rings (SSSR count). The van der Waals surface area contributed by atoms with Crippen LogP contribution < -0.4 is 5.32 Å². The molecule has 0 bridgehead atoms. The van der Waals surface area contributed by atoms with E-state index in [4.69, 9.17) is 0 Å². The number of para-hydroxylation sites is 2. The molecule has 22 heavy (non-hydrogen) atoms. The van der Waals surface area contributed by atoms with Gasteiger partial charge in [0, 0.05) is 19.3 Å². The Kier molecular flexibility index (Phi) is 4.85. The molecule has 7 heteroatoms. The first-order valence-corrected chi connectivity index (χ1v) is 9.14. The van der Waals surface area contributed by atoms with E-state index in [1.54, 1.807) is 0 Å². The molecule has 1 unspecified atom stereocenters. The molecule has 1 N–H and O–H groups in total. The largest absolute Gasteiger partial charge is 0.355 e. The summed E-state index contributed by atoms with van der Waals surface area (Å²) < 4.78 is 24.7. The van der Waals surface area contributed by atoms with Crippen LogP contribution in [0.2, 0.25) is 0 Å². The summed E-state index contributed by atoms with van der Waals surface area (Å²) in [6, 6.07) is 7.90. The van der Waals surface area contributed by atoms with Crippen molar-refractivity contribution >= 4 is 26.8 Å². The standard InChI is InChI=1S/C15H21N3O3S/c1-11(22(3,20)21)15(19)16-9-6-10-18-12(2)17-13-7-4-5-8-14(13)18/h4-5,7-8,11H,6,9-10H2,1-3H3,(H,16,19). The van der Waals surface area contributed by atoms with Gasteiger partial charge in [-0.15, -0.1) is 0 Å². The van der Waals surface area contributed by atoms with Crippen molar-refractivity contribution in [2.45, 2.75) is 32.1 Å². The summed E-state index contributed by atoms with van der Waals surface area (Å²) in [6.45, 7) is 4.51. The Morgan fingerprint density at radius 1 is 1.36 bits per heavy atom. The van der Waals surface area contributed by atoms with Gasteiger partial charge in [0.15, 0.2) is 9.84 Å². The summed E-state index contributed by atoms with van der Waals surface area (Å²) in [5.74, 6) is 0.478. The molecule has 1 heterocycles. The summed E-state index contributed by atoms with van der Waals surface area (Å²) in [5, 5.41) is 1.66. The quantitative estimate of drug-likeness (QED) is 0.812. The molecule has 0 spiro atoms. The van der Waals surface area contributed by atoms with E-state index in [2.05, 4.69) is 14.9 Å². The molecule has 0 radical (unpaired) electrons. The van der Waals surface area contributed by atoms with E-state index in [0.29, 0.717) is 13.0 Å². The highest BCUT2D eigenvalue weighted by Crippen LogP contribution is 2.15. The fourth-order valence-corrected chi connectivity index (χ4v) is 2.74. The lowest BCUT2D eigenvalue weighted by Gasteiger charge is -2.11. The van der Waals surface area contributed by atoms with Gasteiger partial charge in [0.25, 0.3) is 0 Å². The van der Waals surface area contributed by atoms with Gasteiger partial charge in [0.05, 0.1) is 11.0 Å². The number of nitrogens with one attached hydrogen (secondary N) is 1. The van der Waals surface area contributed by atoms with Crippen LogP contribution in [0, 0.1) is 6.92 Å². The maximum absolute atomic E-state index is 11.7. The summed E-state index contributed by atoms with van der Waals surface area (Å²) in [6.07, 6.45) is 1.78. The van der Waals surface area contributed by atoms with Crippen molar-refractivity contribution in [3.05, 3.63) is 30.1 Å². The predicted octanol–water partition coefficient (Wildman–Crippen LogP) is 1.28. The zero-order valence-electron chi connectivity index (χ0n) is 13.0. The van der Waals surface area contributed by atoms with Gasteiger partial charge < -0.3 is 9.88 Å². The maximum Gasteiger partial charge on any atom is 0.238 e. The molecule has 0 fully saturated rings. The normalized spacial score (nSPS) is 13.2. The highest BCUT2D eigenvalue weighted by atomic mass is 32.2. The van der Waals surface area contributed by atoms with Crippen LogP contribution in [-0.2, 0) is 21.2 Å². The minimum absolute atomic E-state index is 0.435. The smallest absolute Gasteiger partial charge is 0.238 e. The second kappa shape index (κ2) is 6.48. The summed E-state index contributed by atoms with van der Waals surface area (Å²) in [5.41, 5.74) is 2.02. The van der Waals surface area contributed by atoms with Gasteiger partial charge in [0.2, 0.25) is 5.91 Å². The highest BCUT2D eigenvalue weighted by molar-refractivity contribution is 7.92. The topological polar surface area (TPSA) is 81.1 Å². The number of carbonyl (C=O) groups is 1. The average molecular weight is 323 g/mol.